The van der Waals surface area contributed by atoms with Gasteiger partial charge in [-0.3, -0.25) is 9.69 Å². The second-order valence-electron chi connectivity index (χ2n) is 6.62. The van der Waals surface area contributed by atoms with Gasteiger partial charge in [0.05, 0.1) is 19.3 Å². The smallest absolute Gasteiger partial charge is 0.258 e. The summed E-state index contributed by atoms with van der Waals surface area (Å²) in [5.41, 5.74) is 0. The molecule has 1 aliphatic rings. The van der Waals surface area contributed by atoms with E-state index in [4.69, 9.17) is 14.2 Å². The standard InChI is InChI=1S/C19H30N2O4/c1-4-23-17-7-5-6-8-18(17)25-14-19(22)20-11-16-13-21(9-10-24-16)12-15(2)3/h5-8,15-16H,4,9-14H2,1-3H3,(H,20,22). The first-order valence-electron chi connectivity index (χ1n) is 9.03. The van der Waals surface area contributed by atoms with E-state index in [1.807, 2.05) is 25.1 Å². The van der Waals surface area contributed by atoms with Crippen molar-refractivity contribution in [1.82, 2.24) is 10.2 Å². The zero-order valence-electron chi connectivity index (χ0n) is 15.5. The minimum Gasteiger partial charge on any atom is -0.490 e. The normalized spacial score (nSPS) is 18.2. The van der Waals surface area contributed by atoms with Crippen molar-refractivity contribution in [1.29, 1.82) is 0 Å². The van der Waals surface area contributed by atoms with Gasteiger partial charge >= 0.3 is 0 Å². The number of hydrogen-bond acceptors (Lipinski definition) is 5. The van der Waals surface area contributed by atoms with E-state index in [1.54, 1.807) is 6.07 Å². The fourth-order valence-electron chi connectivity index (χ4n) is 2.85. The number of hydrogen-bond donors (Lipinski definition) is 1. The SMILES string of the molecule is CCOc1ccccc1OCC(=O)NCC1CN(CC(C)C)CCO1. The number of nitrogens with zero attached hydrogens (tertiary/aromatic N) is 1. The maximum Gasteiger partial charge on any atom is 0.258 e. The number of para-hydroxylation sites is 2. The molecule has 6 nitrogen and oxygen atoms in total. The fourth-order valence-corrected chi connectivity index (χ4v) is 2.85. The molecule has 140 valence electrons. The highest BCUT2D eigenvalue weighted by Crippen LogP contribution is 2.26. The summed E-state index contributed by atoms with van der Waals surface area (Å²) in [7, 11) is 0. The monoisotopic (exact) mass is 350 g/mol. The van der Waals surface area contributed by atoms with Gasteiger partial charge in [0.1, 0.15) is 0 Å². The van der Waals surface area contributed by atoms with Gasteiger partial charge in [-0.15, -0.1) is 0 Å². The van der Waals surface area contributed by atoms with Gasteiger partial charge in [-0.05, 0) is 25.0 Å². The molecular formula is C19H30N2O4. The van der Waals surface area contributed by atoms with Crippen LogP contribution in [0.1, 0.15) is 20.8 Å². The molecule has 1 saturated heterocycles. The summed E-state index contributed by atoms with van der Waals surface area (Å²) in [6.45, 7) is 10.9. The van der Waals surface area contributed by atoms with Crippen LogP contribution in [0.4, 0.5) is 0 Å². The Morgan fingerprint density at radius 3 is 2.72 bits per heavy atom. The lowest BCUT2D eigenvalue weighted by Gasteiger charge is -2.33. The molecule has 1 atom stereocenters. The second kappa shape index (κ2) is 10.3. The third kappa shape index (κ3) is 6.92. The van der Waals surface area contributed by atoms with E-state index in [9.17, 15) is 4.79 Å². The van der Waals surface area contributed by atoms with E-state index in [2.05, 4.69) is 24.1 Å². The van der Waals surface area contributed by atoms with Gasteiger partial charge in [-0.2, -0.15) is 0 Å². The summed E-state index contributed by atoms with van der Waals surface area (Å²) in [5, 5.41) is 2.89. The molecular weight excluding hydrogens is 320 g/mol. The predicted octanol–water partition coefficient (Wildman–Crippen LogP) is 1.94. The molecule has 0 bridgehead atoms. The van der Waals surface area contributed by atoms with Gasteiger partial charge in [0.2, 0.25) is 0 Å². The van der Waals surface area contributed by atoms with Crippen LogP contribution in [0.25, 0.3) is 0 Å². The summed E-state index contributed by atoms with van der Waals surface area (Å²) >= 11 is 0. The molecule has 1 aromatic rings. The topological polar surface area (TPSA) is 60.0 Å². The van der Waals surface area contributed by atoms with E-state index in [0.29, 0.717) is 37.2 Å². The number of carbonyl (C=O) groups excluding carboxylic acids is 1. The van der Waals surface area contributed by atoms with Crippen LogP contribution in [0.15, 0.2) is 24.3 Å². The molecule has 1 heterocycles. The maximum atomic E-state index is 12.0. The Morgan fingerprint density at radius 2 is 2.04 bits per heavy atom. The van der Waals surface area contributed by atoms with Crippen LogP contribution in [0, 0.1) is 5.92 Å². The van der Waals surface area contributed by atoms with Crippen molar-refractivity contribution < 1.29 is 19.0 Å². The van der Waals surface area contributed by atoms with E-state index < -0.39 is 0 Å². The van der Waals surface area contributed by atoms with Gasteiger partial charge in [-0.25, -0.2) is 0 Å². The van der Waals surface area contributed by atoms with Gasteiger partial charge in [0.25, 0.3) is 5.91 Å². The van der Waals surface area contributed by atoms with Gasteiger partial charge in [0.15, 0.2) is 18.1 Å². The van der Waals surface area contributed by atoms with E-state index in [0.717, 1.165) is 19.6 Å². The van der Waals surface area contributed by atoms with E-state index in [-0.39, 0.29) is 18.6 Å². The Balaban J connectivity index is 1.72. The quantitative estimate of drug-likeness (QED) is 0.737. The second-order valence-corrected chi connectivity index (χ2v) is 6.62. The maximum absolute atomic E-state index is 12.0. The molecule has 1 N–H and O–H groups in total. The molecule has 1 amide bonds. The molecule has 0 aromatic heterocycles. The summed E-state index contributed by atoms with van der Waals surface area (Å²) in [6.07, 6.45) is 0.0344. The van der Waals surface area contributed by atoms with Crippen LogP contribution in [-0.4, -0.2) is 62.9 Å². The summed E-state index contributed by atoms with van der Waals surface area (Å²) in [5.74, 6) is 1.71. The van der Waals surface area contributed by atoms with Crippen LogP contribution in [0.2, 0.25) is 0 Å². The minimum atomic E-state index is -0.157. The largest absolute Gasteiger partial charge is 0.490 e. The lowest BCUT2D eigenvalue weighted by Crippen LogP contribution is -2.48. The number of morpholine rings is 1. The molecule has 0 spiro atoms. The number of rotatable bonds is 9. The fraction of sp³-hybridized carbons (Fsp3) is 0.632. The van der Waals surface area contributed by atoms with Crippen molar-refractivity contribution in [2.75, 3.05) is 46.0 Å². The van der Waals surface area contributed by atoms with Crippen molar-refractivity contribution in [3.05, 3.63) is 24.3 Å². The first kappa shape index (κ1) is 19.5. The Bertz CT molecular complexity index is 536. The van der Waals surface area contributed by atoms with Crippen molar-refractivity contribution in [2.24, 2.45) is 5.92 Å². The number of benzene rings is 1. The highest BCUT2D eigenvalue weighted by atomic mass is 16.5. The average molecular weight is 350 g/mol. The molecule has 1 aliphatic heterocycles. The first-order valence-corrected chi connectivity index (χ1v) is 9.03. The van der Waals surface area contributed by atoms with Crippen LogP contribution >= 0.6 is 0 Å². The molecule has 0 saturated carbocycles. The van der Waals surface area contributed by atoms with Gasteiger partial charge in [0, 0.05) is 26.2 Å². The summed E-state index contributed by atoms with van der Waals surface area (Å²) in [6, 6.07) is 7.36. The van der Waals surface area contributed by atoms with Crippen LogP contribution in [0.3, 0.4) is 0 Å². The summed E-state index contributed by atoms with van der Waals surface area (Å²) in [4.78, 5) is 14.4. The highest BCUT2D eigenvalue weighted by Gasteiger charge is 2.21. The molecule has 6 heteroatoms. The van der Waals surface area contributed by atoms with Crippen molar-refractivity contribution in [3.8, 4) is 11.5 Å². The molecule has 1 unspecified atom stereocenters. The van der Waals surface area contributed by atoms with E-state index >= 15 is 0 Å². The predicted molar refractivity (Wildman–Crippen MR) is 97.1 cm³/mol. The Hall–Kier alpha value is -1.79. The molecule has 0 aliphatic carbocycles. The van der Waals surface area contributed by atoms with E-state index in [1.165, 1.54) is 0 Å². The zero-order valence-corrected chi connectivity index (χ0v) is 15.5. The first-order chi connectivity index (χ1) is 12.1. The Morgan fingerprint density at radius 1 is 1.32 bits per heavy atom. The number of ether oxygens (including phenoxy) is 3. The highest BCUT2D eigenvalue weighted by molar-refractivity contribution is 5.77. The molecule has 1 fully saturated rings. The molecule has 2 rings (SSSR count). The third-order valence-corrected chi connectivity index (χ3v) is 3.88. The lowest BCUT2D eigenvalue weighted by atomic mass is 10.2. The van der Waals surface area contributed by atoms with Gasteiger partial charge in [-0.1, -0.05) is 26.0 Å². The zero-order chi connectivity index (χ0) is 18.1. The van der Waals surface area contributed by atoms with Crippen LogP contribution in [-0.2, 0) is 9.53 Å². The lowest BCUT2D eigenvalue weighted by molar-refractivity contribution is -0.124. The number of nitrogens with one attached hydrogen (secondary N) is 1. The Kier molecular flexibility index (Phi) is 8.01. The third-order valence-electron chi connectivity index (χ3n) is 3.88. The average Bonchev–Trinajstić information content (AvgIpc) is 2.59. The Labute approximate surface area is 150 Å². The molecule has 0 radical (unpaired) electrons. The van der Waals surface area contributed by atoms with Gasteiger partial charge < -0.3 is 19.5 Å². The molecule has 1 aromatic carbocycles. The summed E-state index contributed by atoms with van der Waals surface area (Å²) < 4.78 is 16.8. The van der Waals surface area contributed by atoms with Crippen molar-refractivity contribution >= 4 is 5.91 Å². The number of carbonyl (C=O) groups is 1. The van der Waals surface area contributed by atoms with Crippen molar-refractivity contribution in [2.45, 2.75) is 26.9 Å². The van der Waals surface area contributed by atoms with Crippen molar-refractivity contribution in [3.63, 3.8) is 0 Å². The minimum absolute atomic E-state index is 0.0344. The van der Waals surface area contributed by atoms with Crippen LogP contribution < -0.4 is 14.8 Å². The molecule has 25 heavy (non-hydrogen) atoms. The number of amides is 1. The van der Waals surface area contributed by atoms with Crippen LogP contribution in [0.5, 0.6) is 11.5 Å².